The fourth-order valence-corrected chi connectivity index (χ4v) is 3.55. The highest BCUT2D eigenvalue weighted by atomic mass is 35.5. The Labute approximate surface area is 168 Å². The first-order valence-corrected chi connectivity index (χ1v) is 9.18. The van der Waals surface area contributed by atoms with Crippen molar-refractivity contribution in [2.24, 2.45) is 4.99 Å². The van der Waals surface area contributed by atoms with E-state index >= 15 is 0 Å². The number of benzene rings is 2. The highest BCUT2D eigenvalue weighted by Crippen LogP contribution is 2.43. The van der Waals surface area contributed by atoms with Crippen LogP contribution in [0, 0.1) is 0 Å². The van der Waals surface area contributed by atoms with Crippen molar-refractivity contribution in [1.29, 1.82) is 0 Å². The molecular formula is C20H17ClF6N2. The van der Waals surface area contributed by atoms with Crippen LogP contribution in [0.1, 0.15) is 47.9 Å². The molecule has 0 saturated heterocycles. The molecule has 3 rings (SSSR count). The van der Waals surface area contributed by atoms with Crippen LogP contribution in [0.3, 0.4) is 0 Å². The summed E-state index contributed by atoms with van der Waals surface area (Å²) in [6, 6.07) is 8.26. The van der Waals surface area contributed by atoms with Gasteiger partial charge in [-0.15, -0.1) is 11.6 Å². The van der Waals surface area contributed by atoms with Crippen molar-refractivity contribution >= 4 is 23.1 Å². The fourth-order valence-electron chi connectivity index (χ4n) is 3.16. The van der Waals surface area contributed by atoms with E-state index in [-0.39, 0.29) is 17.6 Å². The third-order valence-corrected chi connectivity index (χ3v) is 5.67. The van der Waals surface area contributed by atoms with E-state index < -0.39 is 34.4 Å². The van der Waals surface area contributed by atoms with Gasteiger partial charge >= 0.3 is 12.4 Å². The summed E-state index contributed by atoms with van der Waals surface area (Å²) in [6.07, 6.45) is -9.33. The molecule has 0 aromatic heterocycles. The molecule has 1 aliphatic rings. The molecule has 156 valence electrons. The molecule has 0 bridgehead atoms. The predicted octanol–water partition coefficient (Wildman–Crippen LogP) is 7.05. The topological polar surface area (TPSA) is 24.4 Å². The van der Waals surface area contributed by atoms with Gasteiger partial charge in [-0.25, -0.2) is 0 Å². The average Bonchev–Trinajstić information content (AvgIpc) is 2.64. The van der Waals surface area contributed by atoms with Crippen molar-refractivity contribution in [2.45, 2.75) is 43.5 Å². The lowest BCUT2D eigenvalue weighted by molar-refractivity contribution is -0.143. The second kappa shape index (κ2) is 7.23. The first-order valence-electron chi connectivity index (χ1n) is 8.75. The summed E-state index contributed by atoms with van der Waals surface area (Å²) in [7, 11) is 0. The SMILES string of the molecule is CCC1(C)N=C(Nc2cc(C(F)(F)F)cc(C(F)(F)F)c2)c2ccccc2C1Cl. The molecule has 2 nitrogen and oxygen atoms in total. The molecule has 1 aliphatic heterocycles. The number of amidine groups is 1. The van der Waals surface area contributed by atoms with E-state index in [1.807, 2.05) is 6.92 Å². The van der Waals surface area contributed by atoms with E-state index in [2.05, 4.69) is 10.3 Å². The minimum atomic E-state index is -4.93. The van der Waals surface area contributed by atoms with Crippen LogP contribution >= 0.6 is 11.6 Å². The zero-order valence-electron chi connectivity index (χ0n) is 15.4. The van der Waals surface area contributed by atoms with Crippen LogP contribution in [-0.4, -0.2) is 11.4 Å². The second-order valence-corrected chi connectivity index (χ2v) is 7.48. The molecule has 2 atom stereocenters. The standard InChI is InChI=1S/C20H17ClF6N2/c1-3-18(2)16(21)14-6-4-5-7-15(14)17(29-18)28-13-9-11(19(22,23)24)8-12(10-13)20(25,26)27/h4-10,16H,3H2,1-2H3,(H,28,29). The largest absolute Gasteiger partial charge is 0.416 e. The van der Waals surface area contributed by atoms with Crippen LogP contribution in [0.5, 0.6) is 0 Å². The van der Waals surface area contributed by atoms with Crippen LogP contribution in [0.25, 0.3) is 0 Å². The third-order valence-electron chi connectivity index (χ3n) is 4.97. The summed E-state index contributed by atoms with van der Waals surface area (Å²) in [5.41, 5.74) is -2.68. The molecule has 0 radical (unpaired) electrons. The van der Waals surface area contributed by atoms with Gasteiger partial charge in [0, 0.05) is 11.3 Å². The number of fused-ring (bicyclic) bond motifs is 1. The third kappa shape index (κ3) is 4.22. The summed E-state index contributed by atoms with van der Waals surface area (Å²) in [4.78, 5) is 4.54. The number of alkyl halides is 7. The minimum absolute atomic E-state index is 0.0900. The first-order chi connectivity index (χ1) is 13.3. The molecule has 2 unspecified atom stereocenters. The Kier molecular flexibility index (Phi) is 5.36. The number of nitrogens with zero attached hydrogens (tertiary/aromatic N) is 1. The van der Waals surface area contributed by atoms with E-state index in [9.17, 15) is 26.3 Å². The average molecular weight is 435 g/mol. The first kappa shape index (κ1) is 21.5. The van der Waals surface area contributed by atoms with E-state index in [4.69, 9.17) is 11.6 Å². The molecule has 0 saturated carbocycles. The number of halogens is 7. The van der Waals surface area contributed by atoms with Crippen molar-refractivity contribution < 1.29 is 26.3 Å². The zero-order valence-corrected chi connectivity index (χ0v) is 16.2. The van der Waals surface area contributed by atoms with Crippen LogP contribution in [0.4, 0.5) is 32.0 Å². The Balaban J connectivity index is 2.12. The Morgan fingerprint density at radius 3 is 2.07 bits per heavy atom. The van der Waals surface area contributed by atoms with Crippen molar-refractivity contribution in [3.63, 3.8) is 0 Å². The lowest BCUT2D eigenvalue weighted by Gasteiger charge is -2.36. The molecule has 0 amide bonds. The van der Waals surface area contributed by atoms with Gasteiger partial charge in [0.25, 0.3) is 0 Å². The molecule has 0 fully saturated rings. The number of anilines is 1. The van der Waals surface area contributed by atoms with Gasteiger partial charge in [-0.2, -0.15) is 26.3 Å². The van der Waals surface area contributed by atoms with Gasteiger partial charge in [-0.3, -0.25) is 4.99 Å². The lowest BCUT2D eigenvalue weighted by Crippen LogP contribution is -2.36. The molecule has 2 aromatic rings. The van der Waals surface area contributed by atoms with Crippen molar-refractivity contribution in [3.05, 3.63) is 64.7 Å². The number of hydrogen-bond donors (Lipinski definition) is 1. The lowest BCUT2D eigenvalue weighted by atomic mass is 9.84. The maximum atomic E-state index is 13.1. The molecule has 1 heterocycles. The quantitative estimate of drug-likeness (QED) is 0.397. The van der Waals surface area contributed by atoms with Gasteiger partial charge in [0.15, 0.2) is 0 Å². The molecular weight excluding hydrogens is 418 g/mol. The summed E-state index contributed by atoms with van der Waals surface area (Å²) in [5, 5.41) is 2.18. The van der Waals surface area contributed by atoms with E-state index in [0.29, 0.717) is 29.7 Å². The number of rotatable bonds is 2. The second-order valence-electron chi connectivity index (χ2n) is 7.04. The minimum Gasteiger partial charge on any atom is -0.340 e. The Bertz CT molecular complexity index is 918. The maximum Gasteiger partial charge on any atom is 0.416 e. The molecule has 0 aliphatic carbocycles. The van der Waals surface area contributed by atoms with Gasteiger partial charge < -0.3 is 5.32 Å². The van der Waals surface area contributed by atoms with Crippen LogP contribution in [0.2, 0.25) is 0 Å². The number of aliphatic imine (C=N–C) groups is 1. The van der Waals surface area contributed by atoms with Crippen molar-refractivity contribution in [2.75, 3.05) is 5.32 Å². The molecule has 0 spiro atoms. The normalized spacial score (nSPS) is 22.1. The fraction of sp³-hybridized carbons (Fsp3) is 0.350. The van der Waals surface area contributed by atoms with Crippen LogP contribution in [-0.2, 0) is 12.4 Å². The summed E-state index contributed by atoms with van der Waals surface area (Å²) in [5.74, 6) is 0.175. The van der Waals surface area contributed by atoms with Gasteiger partial charge in [0.05, 0.1) is 22.0 Å². The summed E-state index contributed by atoms with van der Waals surface area (Å²) in [6.45, 7) is 3.64. The van der Waals surface area contributed by atoms with Gasteiger partial charge in [0.1, 0.15) is 5.84 Å². The molecule has 29 heavy (non-hydrogen) atoms. The van der Waals surface area contributed by atoms with Gasteiger partial charge in [0.2, 0.25) is 0 Å². The highest BCUT2D eigenvalue weighted by molar-refractivity contribution is 6.24. The van der Waals surface area contributed by atoms with Gasteiger partial charge in [-0.05, 0) is 37.1 Å². The van der Waals surface area contributed by atoms with E-state index in [0.717, 1.165) is 0 Å². The maximum absolute atomic E-state index is 13.1. The summed E-state index contributed by atoms with van der Waals surface area (Å²) < 4.78 is 78.8. The zero-order chi connectivity index (χ0) is 21.6. The number of nitrogens with one attached hydrogen (secondary N) is 1. The van der Waals surface area contributed by atoms with E-state index in [1.54, 1.807) is 31.2 Å². The number of hydrogen-bond acceptors (Lipinski definition) is 2. The van der Waals surface area contributed by atoms with Gasteiger partial charge in [-0.1, -0.05) is 31.2 Å². The van der Waals surface area contributed by atoms with Crippen LogP contribution in [0.15, 0.2) is 47.5 Å². The Hall–Kier alpha value is -2.22. The predicted molar refractivity (Wildman–Crippen MR) is 100 cm³/mol. The summed E-state index contributed by atoms with van der Waals surface area (Å²) >= 11 is 6.56. The van der Waals surface area contributed by atoms with Crippen molar-refractivity contribution in [1.82, 2.24) is 0 Å². The van der Waals surface area contributed by atoms with Crippen molar-refractivity contribution in [3.8, 4) is 0 Å². The monoisotopic (exact) mass is 434 g/mol. The smallest absolute Gasteiger partial charge is 0.340 e. The Morgan fingerprint density at radius 2 is 1.55 bits per heavy atom. The molecule has 1 N–H and O–H groups in total. The molecule has 2 aromatic carbocycles. The Morgan fingerprint density at radius 1 is 1.00 bits per heavy atom. The van der Waals surface area contributed by atoms with E-state index in [1.165, 1.54) is 0 Å². The highest BCUT2D eigenvalue weighted by Gasteiger charge is 2.39. The van der Waals surface area contributed by atoms with Crippen LogP contribution < -0.4 is 5.32 Å². The molecule has 9 heteroatoms.